The zero-order valence-electron chi connectivity index (χ0n) is 13.6. The van der Waals surface area contributed by atoms with Crippen molar-refractivity contribution in [3.63, 3.8) is 0 Å². The minimum absolute atomic E-state index is 0.0694. The molecular weight excluding hydrogens is 344 g/mol. The minimum Gasteiger partial charge on any atom is -0.377 e. The number of methoxy groups -OCH3 is 1. The Morgan fingerprint density at radius 2 is 2.38 bits per heavy atom. The Balaban J connectivity index is 1.38. The summed E-state index contributed by atoms with van der Waals surface area (Å²) in [5.74, 6) is 1.07. The normalized spacial score (nSPS) is 20.5. The number of nitrogens with zero attached hydrogens (tertiary/aromatic N) is 4. The van der Waals surface area contributed by atoms with Crippen LogP contribution in [0.3, 0.4) is 0 Å². The van der Waals surface area contributed by atoms with E-state index in [-0.39, 0.29) is 11.8 Å². The molecule has 8 heteroatoms. The van der Waals surface area contributed by atoms with Crippen molar-refractivity contribution in [2.24, 2.45) is 5.92 Å². The highest BCUT2D eigenvalue weighted by molar-refractivity contribution is 7.10. The van der Waals surface area contributed by atoms with Crippen LogP contribution in [0.15, 0.2) is 11.4 Å². The highest BCUT2D eigenvalue weighted by Crippen LogP contribution is 2.29. The molecule has 0 bridgehead atoms. The Morgan fingerprint density at radius 3 is 3.25 bits per heavy atom. The molecule has 0 saturated carbocycles. The highest BCUT2D eigenvalue weighted by Gasteiger charge is 2.34. The van der Waals surface area contributed by atoms with Crippen LogP contribution in [0.4, 0.5) is 5.13 Å². The topological polar surface area (TPSA) is 58.6 Å². The van der Waals surface area contributed by atoms with Gasteiger partial charge in [-0.1, -0.05) is 0 Å². The smallest absolute Gasteiger partial charge is 0.227 e. The van der Waals surface area contributed by atoms with E-state index in [1.807, 2.05) is 4.90 Å². The van der Waals surface area contributed by atoms with Crippen LogP contribution in [0.25, 0.3) is 0 Å². The standard InChI is InChI=1S/C16H20N4O2S2/c1-22-10-14-17-16(24-18-14)20-5-2-12(9-20)15(21)19-6-3-13-11(8-19)4-7-23-13/h4,7,12H,2-3,5-6,8-10H2,1H3. The third kappa shape index (κ3) is 3.05. The molecule has 1 saturated heterocycles. The van der Waals surface area contributed by atoms with Gasteiger partial charge in [0.25, 0.3) is 0 Å². The lowest BCUT2D eigenvalue weighted by molar-refractivity contribution is -0.135. The van der Waals surface area contributed by atoms with Crippen LogP contribution in [0.2, 0.25) is 0 Å². The average Bonchev–Trinajstić information content (AvgIpc) is 3.33. The van der Waals surface area contributed by atoms with Crippen molar-refractivity contribution in [3.8, 4) is 0 Å². The summed E-state index contributed by atoms with van der Waals surface area (Å²) in [5.41, 5.74) is 1.32. The van der Waals surface area contributed by atoms with Crippen molar-refractivity contribution in [1.82, 2.24) is 14.3 Å². The number of hydrogen-bond acceptors (Lipinski definition) is 7. The molecule has 1 fully saturated rings. The number of ether oxygens (including phenoxy) is 1. The third-order valence-corrected chi connectivity index (χ3v) is 6.50. The largest absolute Gasteiger partial charge is 0.377 e. The quantitative estimate of drug-likeness (QED) is 0.832. The summed E-state index contributed by atoms with van der Waals surface area (Å²) < 4.78 is 9.37. The van der Waals surface area contributed by atoms with Gasteiger partial charge in [0.1, 0.15) is 6.61 Å². The van der Waals surface area contributed by atoms with Gasteiger partial charge in [-0.25, -0.2) is 4.98 Å². The summed E-state index contributed by atoms with van der Waals surface area (Å²) >= 11 is 3.19. The number of hydrogen-bond donors (Lipinski definition) is 0. The highest BCUT2D eigenvalue weighted by atomic mass is 32.1. The van der Waals surface area contributed by atoms with E-state index >= 15 is 0 Å². The maximum Gasteiger partial charge on any atom is 0.227 e. The van der Waals surface area contributed by atoms with E-state index < -0.39 is 0 Å². The van der Waals surface area contributed by atoms with Crippen molar-refractivity contribution in [2.75, 3.05) is 31.6 Å². The SMILES string of the molecule is COCc1nsc(N2CCC(C(=O)N3CCc4sccc4C3)C2)n1. The first kappa shape index (κ1) is 16.0. The second kappa shape index (κ2) is 6.78. The number of carbonyl (C=O) groups excluding carboxylic acids is 1. The predicted octanol–water partition coefficient (Wildman–Crippen LogP) is 2.16. The maximum absolute atomic E-state index is 12.9. The molecule has 0 aliphatic carbocycles. The second-order valence-corrected chi connectivity index (χ2v) is 7.97. The van der Waals surface area contributed by atoms with Crippen LogP contribution in [0.1, 0.15) is 22.7 Å². The van der Waals surface area contributed by atoms with Crippen LogP contribution < -0.4 is 4.90 Å². The van der Waals surface area contributed by atoms with Gasteiger partial charge in [0, 0.05) is 49.7 Å². The Bertz CT molecular complexity index is 729. The van der Waals surface area contributed by atoms with Gasteiger partial charge in [-0.05, 0) is 29.9 Å². The molecule has 6 nitrogen and oxygen atoms in total. The molecule has 0 N–H and O–H groups in total. The fraction of sp³-hybridized carbons (Fsp3) is 0.562. The third-order valence-electron chi connectivity index (χ3n) is 4.66. The van der Waals surface area contributed by atoms with Gasteiger partial charge < -0.3 is 14.5 Å². The molecular formula is C16H20N4O2S2. The predicted molar refractivity (Wildman–Crippen MR) is 94.4 cm³/mol. The summed E-state index contributed by atoms with van der Waals surface area (Å²) in [5, 5.41) is 3.03. The van der Waals surface area contributed by atoms with Crippen LogP contribution in [-0.4, -0.2) is 46.9 Å². The van der Waals surface area contributed by atoms with Crippen LogP contribution in [-0.2, 0) is 29.1 Å². The van der Waals surface area contributed by atoms with E-state index in [1.165, 1.54) is 22.0 Å². The van der Waals surface area contributed by atoms with Crippen molar-refractivity contribution >= 4 is 33.9 Å². The Morgan fingerprint density at radius 1 is 1.46 bits per heavy atom. The van der Waals surface area contributed by atoms with Crippen LogP contribution in [0, 0.1) is 5.92 Å². The maximum atomic E-state index is 12.9. The lowest BCUT2D eigenvalue weighted by Crippen LogP contribution is -2.40. The number of thiophene rings is 1. The summed E-state index contributed by atoms with van der Waals surface area (Å²) in [6.07, 6.45) is 1.89. The number of rotatable bonds is 4. The van der Waals surface area contributed by atoms with E-state index in [1.54, 1.807) is 18.4 Å². The van der Waals surface area contributed by atoms with Crippen molar-refractivity contribution in [1.29, 1.82) is 0 Å². The first-order valence-electron chi connectivity index (χ1n) is 8.15. The zero-order chi connectivity index (χ0) is 16.5. The summed E-state index contributed by atoms with van der Waals surface area (Å²) in [6.45, 7) is 3.66. The molecule has 0 radical (unpaired) electrons. The Kier molecular flexibility index (Phi) is 4.51. The fourth-order valence-corrected chi connectivity index (χ4v) is 4.99. The molecule has 1 atom stereocenters. The van der Waals surface area contributed by atoms with E-state index in [0.717, 1.165) is 44.2 Å². The molecule has 24 heavy (non-hydrogen) atoms. The number of fused-ring (bicyclic) bond motifs is 1. The van der Waals surface area contributed by atoms with Gasteiger partial charge in [0.05, 0.1) is 5.92 Å². The first-order valence-corrected chi connectivity index (χ1v) is 9.80. The number of aromatic nitrogens is 2. The lowest BCUT2D eigenvalue weighted by atomic mass is 10.0. The zero-order valence-corrected chi connectivity index (χ0v) is 15.2. The molecule has 2 aromatic rings. The lowest BCUT2D eigenvalue weighted by Gasteiger charge is -2.29. The van der Waals surface area contributed by atoms with E-state index in [4.69, 9.17) is 4.74 Å². The van der Waals surface area contributed by atoms with Crippen molar-refractivity contribution in [3.05, 3.63) is 27.7 Å². The number of amides is 1. The van der Waals surface area contributed by atoms with Gasteiger partial charge in [0.2, 0.25) is 11.0 Å². The van der Waals surface area contributed by atoms with Gasteiger partial charge >= 0.3 is 0 Å². The average molecular weight is 364 g/mol. The van der Waals surface area contributed by atoms with Gasteiger partial charge in [0.15, 0.2) is 5.82 Å². The molecule has 1 unspecified atom stereocenters. The van der Waals surface area contributed by atoms with Crippen LogP contribution in [0.5, 0.6) is 0 Å². The molecule has 128 valence electrons. The van der Waals surface area contributed by atoms with E-state index in [2.05, 4.69) is 25.7 Å². The number of anilines is 1. The second-order valence-electron chi connectivity index (χ2n) is 6.24. The van der Waals surface area contributed by atoms with Gasteiger partial charge in [-0.2, -0.15) is 4.37 Å². The van der Waals surface area contributed by atoms with E-state index in [0.29, 0.717) is 12.4 Å². The molecule has 2 aliphatic rings. The van der Waals surface area contributed by atoms with Gasteiger partial charge in [-0.3, -0.25) is 4.79 Å². The Labute approximate surface area is 149 Å². The molecule has 0 aromatic carbocycles. The molecule has 2 aromatic heterocycles. The Hall–Kier alpha value is -1.51. The first-order chi connectivity index (χ1) is 11.7. The van der Waals surface area contributed by atoms with Crippen molar-refractivity contribution < 1.29 is 9.53 Å². The summed E-state index contributed by atoms with van der Waals surface area (Å²) in [6, 6.07) is 2.15. The fourth-order valence-electron chi connectivity index (χ4n) is 3.39. The minimum atomic E-state index is 0.0694. The summed E-state index contributed by atoms with van der Waals surface area (Å²) in [4.78, 5) is 23.0. The van der Waals surface area contributed by atoms with E-state index in [9.17, 15) is 4.79 Å². The monoisotopic (exact) mass is 364 g/mol. The molecule has 0 spiro atoms. The molecule has 4 rings (SSSR count). The molecule has 2 aliphatic heterocycles. The van der Waals surface area contributed by atoms with Crippen LogP contribution >= 0.6 is 22.9 Å². The molecule has 4 heterocycles. The van der Waals surface area contributed by atoms with Crippen molar-refractivity contribution in [2.45, 2.75) is 26.0 Å². The van der Waals surface area contributed by atoms with Gasteiger partial charge in [-0.15, -0.1) is 11.3 Å². The summed E-state index contributed by atoms with van der Waals surface area (Å²) in [7, 11) is 1.64. The molecule has 1 amide bonds. The number of carbonyl (C=O) groups is 1.